The molecule has 3 aromatic rings. The van der Waals surface area contributed by atoms with Crippen LogP contribution >= 0.6 is 0 Å². The number of carbonyl (C=O) groups is 2. The molecule has 1 aliphatic rings. The van der Waals surface area contributed by atoms with Gasteiger partial charge in [-0.3, -0.25) is 9.59 Å². The van der Waals surface area contributed by atoms with E-state index in [0.29, 0.717) is 35.7 Å². The van der Waals surface area contributed by atoms with E-state index in [2.05, 4.69) is 11.4 Å². The van der Waals surface area contributed by atoms with Crippen molar-refractivity contribution in [2.45, 2.75) is 39.7 Å². The van der Waals surface area contributed by atoms with Gasteiger partial charge in [0.15, 0.2) is 11.3 Å². The molecule has 6 heteroatoms. The SMILES string of the molecule is COc1cccc2cc(C(C)NC(=O)C3CCCN(C(=O)c4cc(C)cc(C)c4)C3)oc12. The number of aryl methyl sites for hydroxylation is 2. The molecule has 1 fully saturated rings. The summed E-state index contributed by atoms with van der Waals surface area (Å²) < 4.78 is 11.3. The molecule has 0 bridgehead atoms. The van der Waals surface area contributed by atoms with Gasteiger partial charge in [0, 0.05) is 24.0 Å². The van der Waals surface area contributed by atoms with E-state index in [1.807, 2.05) is 57.2 Å². The molecule has 1 aliphatic heterocycles. The molecule has 1 saturated heterocycles. The van der Waals surface area contributed by atoms with E-state index < -0.39 is 0 Å². The van der Waals surface area contributed by atoms with Crippen molar-refractivity contribution < 1.29 is 18.7 Å². The summed E-state index contributed by atoms with van der Waals surface area (Å²) in [5.41, 5.74) is 3.49. The molecule has 2 atom stereocenters. The number of methoxy groups -OCH3 is 1. The Labute approximate surface area is 188 Å². The fraction of sp³-hybridized carbons (Fsp3) is 0.385. The molecule has 2 aromatic carbocycles. The second-order valence-electron chi connectivity index (χ2n) is 8.72. The molecule has 0 radical (unpaired) electrons. The monoisotopic (exact) mass is 434 g/mol. The summed E-state index contributed by atoms with van der Waals surface area (Å²) in [6.07, 6.45) is 1.58. The first-order chi connectivity index (χ1) is 15.4. The minimum Gasteiger partial charge on any atom is -0.493 e. The molecule has 0 saturated carbocycles. The van der Waals surface area contributed by atoms with Crippen LogP contribution in [0.5, 0.6) is 5.75 Å². The first-order valence-corrected chi connectivity index (χ1v) is 11.1. The van der Waals surface area contributed by atoms with Gasteiger partial charge in [-0.25, -0.2) is 0 Å². The molecule has 2 unspecified atom stereocenters. The van der Waals surface area contributed by atoms with Crippen LogP contribution in [0.2, 0.25) is 0 Å². The molecule has 0 spiro atoms. The van der Waals surface area contributed by atoms with Gasteiger partial charge in [-0.2, -0.15) is 0 Å². The number of para-hydroxylation sites is 1. The third-order valence-corrected chi connectivity index (χ3v) is 6.08. The Kier molecular flexibility index (Phi) is 6.21. The summed E-state index contributed by atoms with van der Waals surface area (Å²) >= 11 is 0. The maximum atomic E-state index is 13.0. The number of likely N-dealkylation sites (tertiary alicyclic amines) is 1. The Hall–Kier alpha value is -3.28. The highest BCUT2D eigenvalue weighted by molar-refractivity contribution is 5.95. The molecule has 6 nitrogen and oxygen atoms in total. The largest absolute Gasteiger partial charge is 0.493 e. The number of rotatable bonds is 5. The van der Waals surface area contributed by atoms with Crippen molar-refractivity contribution in [3.63, 3.8) is 0 Å². The minimum absolute atomic E-state index is 0.00766. The number of piperidine rings is 1. The van der Waals surface area contributed by atoms with Crippen LogP contribution in [0, 0.1) is 19.8 Å². The van der Waals surface area contributed by atoms with Gasteiger partial charge < -0.3 is 19.4 Å². The van der Waals surface area contributed by atoms with Crippen LogP contribution in [0.25, 0.3) is 11.0 Å². The summed E-state index contributed by atoms with van der Waals surface area (Å²) in [6, 6.07) is 13.2. The molecule has 0 aliphatic carbocycles. The molecular weight excluding hydrogens is 404 g/mol. The van der Waals surface area contributed by atoms with Gasteiger partial charge >= 0.3 is 0 Å². The van der Waals surface area contributed by atoms with Gasteiger partial charge in [0.05, 0.1) is 19.1 Å². The van der Waals surface area contributed by atoms with E-state index in [1.54, 1.807) is 12.0 Å². The molecule has 1 N–H and O–H groups in total. The van der Waals surface area contributed by atoms with Crippen molar-refractivity contribution in [2.75, 3.05) is 20.2 Å². The number of fused-ring (bicyclic) bond motifs is 1. The zero-order chi connectivity index (χ0) is 22.8. The Morgan fingerprint density at radius 3 is 2.62 bits per heavy atom. The number of hydrogen-bond acceptors (Lipinski definition) is 4. The smallest absolute Gasteiger partial charge is 0.253 e. The Bertz CT molecular complexity index is 1130. The number of benzene rings is 2. The van der Waals surface area contributed by atoms with Crippen molar-refractivity contribution >= 4 is 22.8 Å². The number of carbonyl (C=O) groups excluding carboxylic acids is 2. The first-order valence-electron chi connectivity index (χ1n) is 11.1. The predicted molar refractivity (Wildman–Crippen MR) is 124 cm³/mol. The molecule has 32 heavy (non-hydrogen) atoms. The van der Waals surface area contributed by atoms with Crippen LogP contribution in [0.4, 0.5) is 0 Å². The highest BCUT2D eigenvalue weighted by Gasteiger charge is 2.30. The van der Waals surface area contributed by atoms with E-state index in [9.17, 15) is 9.59 Å². The van der Waals surface area contributed by atoms with Crippen molar-refractivity contribution in [1.29, 1.82) is 0 Å². The number of hydrogen-bond donors (Lipinski definition) is 1. The van der Waals surface area contributed by atoms with Crippen LogP contribution in [-0.2, 0) is 4.79 Å². The summed E-state index contributed by atoms with van der Waals surface area (Å²) in [4.78, 5) is 27.9. The summed E-state index contributed by atoms with van der Waals surface area (Å²) in [5.74, 6) is 1.05. The summed E-state index contributed by atoms with van der Waals surface area (Å²) in [7, 11) is 1.61. The summed E-state index contributed by atoms with van der Waals surface area (Å²) in [6.45, 7) is 6.99. The average Bonchev–Trinajstić information content (AvgIpc) is 3.22. The molecular formula is C26H30N2O4. The van der Waals surface area contributed by atoms with Crippen molar-refractivity contribution in [2.24, 2.45) is 5.92 Å². The van der Waals surface area contributed by atoms with Gasteiger partial charge in [-0.15, -0.1) is 0 Å². The normalized spacial score (nSPS) is 17.2. The summed E-state index contributed by atoms with van der Waals surface area (Å²) in [5, 5.41) is 4.00. The lowest BCUT2D eigenvalue weighted by Gasteiger charge is -2.32. The molecule has 168 valence electrons. The molecule has 2 amide bonds. The average molecular weight is 435 g/mol. The fourth-order valence-electron chi connectivity index (χ4n) is 4.49. The third-order valence-electron chi connectivity index (χ3n) is 6.08. The lowest BCUT2D eigenvalue weighted by molar-refractivity contribution is -0.127. The van der Waals surface area contributed by atoms with Crippen LogP contribution < -0.4 is 10.1 Å². The predicted octanol–water partition coefficient (Wildman–Crippen LogP) is 4.79. The molecule has 4 rings (SSSR count). The van der Waals surface area contributed by atoms with E-state index >= 15 is 0 Å². The Morgan fingerprint density at radius 2 is 1.91 bits per heavy atom. The second-order valence-corrected chi connectivity index (χ2v) is 8.72. The van der Waals surface area contributed by atoms with Gasteiger partial charge in [-0.05, 0) is 57.9 Å². The number of furan rings is 1. The van der Waals surface area contributed by atoms with Gasteiger partial charge in [0.25, 0.3) is 5.91 Å². The van der Waals surface area contributed by atoms with E-state index in [-0.39, 0.29) is 23.8 Å². The highest BCUT2D eigenvalue weighted by Crippen LogP contribution is 2.31. The van der Waals surface area contributed by atoms with Crippen LogP contribution in [0.15, 0.2) is 46.9 Å². The molecule has 1 aromatic heterocycles. The van der Waals surface area contributed by atoms with Gasteiger partial charge in [0.2, 0.25) is 5.91 Å². The number of amides is 2. The van der Waals surface area contributed by atoms with Crippen molar-refractivity contribution in [3.8, 4) is 5.75 Å². The Balaban J connectivity index is 1.43. The van der Waals surface area contributed by atoms with Crippen molar-refractivity contribution in [1.82, 2.24) is 10.2 Å². The lowest BCUT2D eigenvalue weighted by Crippen LogP contribution is -2.45. The quantitative estimate of drug-likeness (QED) is 0.627. The van der Waals surface area contributed by atoms with Gasteiger partial charge in [0.1, 0.15) is 5.76 Å². The van der Waals surface area contributed by atoms with Crippen molar-refractivity contribution in [3.05, 3.63) is 64.9 Å². The highest BCUT2D eigenvalue weighted by atomic mass is 16.5. The minimum atomic E-state index is -0.287. The van der Waals surface area contributed by atoms with Crippen LogP contribution in [0.3, 0.4) is 0 Å². The maximum Gasteiger partial charge on any atom is 0.253 e. The van der Waals surface area contributed by atoms with Crippen LogP contribution in [0.1, 0.15) is 53.1 Å². The number of nitrogens with one attached hydrogen (secondary N) is 1. The topological polar surface area (TPSA) is 71.8 Å². The number of ether oxygens (including phenoxy) is 1. The lowest BCUT2D eigenvalue weighted by atomic mass is 9.95. The molecule has 2 heterocycles. The zero-order valence-electron chi connectivity index (χ0n) is 19.1. The fourth-order valence-corrected chi connectivity index (χ4v) is 4.49. The van der Waals surface area contributed by atoms with Crippen LogP contribution in [-0.4, -0.2) is 36.9 Å². The van der Waals surface area contributed by atoms with Gasteiger partial charge in [-0.1, -0.05) is 29.3 Å². The van der Waals surface area contributed by atoms with E-state index in [1.165, 1.54) is 0 Å². The second kappa shape index (κ2) is 9.07. The zero-order valence-corrected chi connectivity index (χ0v) is 19.1. The standard InChI is InChI=1S/C26H30N2O4/c1-16-11-17(2)13-21(12-16)26(30)28-10-6-8-20(15-28)25(29)27-18(3)23-14-19-7-5-9-22(31-4)24(19)32-23/h5,7,9,11-14,18,20H,6,8,10,15H2,1-4H3,(H,27,29). The third kappa shape index (κ3) is 4.49. The number of nitrogens with zero attached hydrogens (tertiary/aromatic N) is 1. The first kappa shape index (κ1) is 21.9. The van der Waals surface area contributed by atoms with E-state index in [4.69, 9.17) is 9.15 Å². The Morgan fingerprint density at radius 1 is 1.16 bits per heavy atom. The maximum absolute atomic E-state index is 13.0. The van der Waals surface area contributed by atoms with E-state index in [0.717, 1.165) is 29.4 Å².